The van der Waals surface area contributed by atoms with Crippen LogP contribution < -0.4 is 10.6 Å². The van der Waals surface area contributed by atoms with Gasteiger partial charge < -0.3 is 15.2 Å². The molecule has 0 spiro atoms. The second-order valence-electron chi connectivity index (χ2n) is 5.19. The molecule has 1 aliphatic heterocycles. The van der Waals surface area contributed by atoms with E-state index in [4.69, 9.17) is 10.3 Å². The van der Waals surface area contributed by atoms with Gasteiger partial charge >= 0.3 is 0 Å². The number of hydrogen-bond donors (Lipinski definition) is 1. The molecule has 2 unspecified atom stereocenters. The molecule has 2 atom stereocenters. The Kier molecular flexibility index (Phi) is 4.58. The quantitative estimate of drug-likeness (QED) is 0.890. The minimum absolute atomic E-state index is 0.0856. The van der Waals surface area contributed by atoms with Crippen molar-refractivity contribution in [3.05, 3.63) is 5.89 Å². The highest BCUT2D eigenvalue weighted by Gasteiger charge is 2.22. The van der Waals surface area contributed by atoms with Gasteiger partial charge in [0, 0.05) is 19.1 Å². The minimum atomic E-state index is 0.0856. The molecule has 0 radical (unpaired) electrons. The predicted octanol–water partition coefficient (Wildman–Crippen LogP) is 2.29. The molecule has 1 fully saturated rings. The lowest BCUT2D eigenvalue weighted by atomic mass is 10.0. The minimum Gasteiger partial charge on any atom is -0.338 e. The number of rotatable bonds is 4. The van der Waals surface area contributed by atoms with Crippen LogP contribution in [-0.2, 0) is 0 Å². The first-order chi connectivity index (χ1) is 8.72. The lowest BCUT2D eigenvalue weighted by molar-refractivity contribution is 0.339. The molecule has 2 heterocycles. The zero-order chi connectivity index (χ0) is 13.0. The van der Waals surface area contributed by atoms with Crippen molar-refractivity contribution >= 4 is 5.95 Å². The standard InChI is InChI=1S/C13H24N4O/c1-3-11(14)10(2)12-15-13(16-18-12)17-8-6-4-5-7-9-17/h10-11H,3-9,14H2,1-2H3. The Labute approximate surface area is 109 Å². The first-order valence-electron chi connectivity index (χ1n) is 7.06. The van der Waals surface area contributed by atoms with Crippen LogP contribution in [0, 0.1) is 0 Å². The van der Waals surface area contributed by atoms with Gasteiger partial charge in [-0.05, 0) is 24.4 Å². The normalized spacial score (nSPS) is 20.5. The predicted molar refractivity (Wildman–Crippen MR) is 71.7 cm³/mol. The van der Waals surface area contributed by atoms with Gasteiger partial charge in [-0.3, -0.25) is 0 Å². The molecule has 0 saturated carbocycles. The summed E-state index contributed by atoms with van der Waals surface area (Å²) in [6.45, 7) is 6.20. The van der Waals surface area contributed by atoms with Gasteiger partial charge in [0.2, 0.25) is 5.89 Å². The van der Waals surface area contributed by atoms with Crippen LogP contribution in [0.1, 0.15) is 57.8 Å². The fourth-order valence-electron chi connectivity index (χ4n) is 2.35. The molecule has 18 heavy (non-hydrogen) atoms. The molecular formula is C13H24N4O. The van der Waals surface area contributed by atoms with E-state index in [1.54, 1.807) is 0 Å². The Morgan fingerprint density at radius 1 is 1.28 bits per heavy atom. The van der Waals surface area contributed by atoms with Crippen molar-refractivity contribution in [2.75, 3.05) is 18.0 Å². The largest absolute Gasteiger partial charge is 0.338 e. The molecule has 1 aromatic heterocycles. The van der Waals surface area contributed by atoms with E-state index >= 15 is 0 Å². The number of hydrogen-bond acceptors (Lipinski definition) is 5. The van der Waals surface area contributed by atoms with E-state index in [1.807, 2.05) is 6.92 Å². The van der Waals surface area contributed by atoms with Gasteiger partial charge in [-0.25, -0.2) is 0 Å². The van der Waals surface area contributed by atoms with Crippen LogP contribution in [0.25, 0.3) is 0 Å². The Balaban J connectivity index is 2.04. The highest BCUT2D eigenvalue weighted by molar-refractivity contribution is 5.28. The zero-order valence-electron chi connectivity index (χ0n) is 11.4. The zero-order valence-corrected chi connectivity index (χ0v) is 11.4. The molecule has 1 saturated heterocycles. The van der Waals surface area contributed by atoms with Crippen LogP contribution >= 0.6 is 0 Å². The lowest BCUT2D eigenvalue weighted by Gasteiger charge is -2.17. The number of anilines is 1. The molecule has 0 bridgehead atoms. The van der Waals surface area contributed by atoms with Crippen molar-refractivity contribution in [3.8, 4) is 0 Å². The van der Waals surface area contributed by atoms with Crippen LogP contribution in [0.15, 0.2) is 4.52 Å². The van der Waals surface area contributed by atoms with E-state index < -0.39 is 0 Å². The molecule has 0 aromatic carbocycles. The van der Waals surface area contributed by atoms with E-state index in [9.17, 15) is 0 Å². The molecule has 102 valence electrons. The summed E-state index contributed by atoms with van der Waals surface area (Å²) in [6, 6.07) is 0.0856. The highest BCUT2D eigenvalue weighted by Crippen LogP contribution is 2.22. The van der Waals surface area contributed by atoms with Gasteiger partial charge in [-0.15, -0.1) is 0 Å². The smallest absolute Gasteiger partial charge is 0.266 e. The van der Waals surface area contributed by atoms with Crippen LogP contribution in [0.2, 0.25) is 0 Å². The van der Waals surface area contributed by atoms with Gasteiger partial charge in [0.25, 0.3) is 5.95 Å². The lowest BCUT2D eigenvalue weighted by Crippen LogP contribution is -2.27. The van der Waals surface area contributed by atoms with E-state index in [0.29, 0.717) is 5.89 Å². The van der Waals surface area contributed by atoms with Gasteiger partial charge in [0.05, 0.1) is 5.92 Å². The monoisotopic (exact) mass is 252 g/mol. The Morgan fingerprint density at radius 2 is 1.94 bits per heavy atom. The first kappa shape index (κ1) is 13.3. The third-order valence-corrected chi connectivity index (χ3v) is 3.82. The van der Waals surface area contributed by atoms with Gasteiger partial charge in [0.15, 0.2) is 0 Å². The molecule has 2 N–H and O–H groups in total. The van der Waals surface area contributed by atoms with E-state index in [1.165, 1.54) is 25.7 Å². The maximum Gasteiger partial charge on any atom is 0.266 e. The average Bonchev–Trinajstić information content (AvgIpc) is 2.72. The first-order valence-corrected chi connectivity index (χ1v) is 7.06. The number of nitrogens with zero attached hydrogens (tertiary/aromatic N) is 3. The Morgan fingerprint density at radius 3 is 2.56 bits per heavy atom. The third kappa shape index (κ3) is 3.02. The maximum atomic E-state index is 6.02. The van der Waals surface area contributed by atoms with Gasteiger partial charge in [-0.2, -0.15) is 4.98 Å². The summed E-state index contributed by atoms with van der Waals surface area (Å²) in [5.41, 5.74) is 6.02. The molecule has 0 aliphatic carbocycles. The molecular weight excluding hydrogens is 228 g/mol. The van der Waals surface area contributed by atoms with Crippen LogP contribution in [0.4, 0.5) is 5.95 Å². The summed E-state index contributed by atoms with van der Waals surface area (Å²) in [4.78, 5) is 6.74. The summed E-state index contributed by atoms with van der Waals surface area (Å²) >= 11 is 0. The van der Waals surface area contributed by atoms with Crippen LogP contribution in [0.5, 0.6) is 0 Å². The third-order valence-electron chi connectivity index (χ3n) is 3.82. The summed E-state index contributed by atoms with van der Waals surface area (Å²) in [6.07, 6.45) is 5.96. The van der Waals surface area contributed by atoms with Crippen molar-refractivity contribution in [3.63, 3.8) is 0 Å². The van der Waals surface area contributed by atoms with Crippen molar-refractivity contribution in [2.45, 2.75) is 57.9 Å². The molecule has 5 nitrogen and oxygen atoms in total. The van der Waals surface area contributed by atoms with Crippen molar-refractivity contribution in [1.29, 1.82) is 0 Å². The maximum absolute atomic E-state index is 6.02. The second kappa shape index (κ2) is 6.18. The second-order valence-corrected chi connectivity index (χ2v) is 5.19. The molecule has 2 rings (SSSR count). The van der Waals surface area contributed by atoms with Gasteiger partial charge in [-0.1, -0.05) is 26.7 Å². The Hall–Kier alpha value is -1.10. The SMILES string of the molecule is CCC(N)C(C)c1nc(N2CCCCCC2)no1. The highest BCUT2D eigenvalue weighted by atomic mass is 16.5. The van der Waals surface area contributed by atoms with Crippen molar-refractivity contribution < 1.29 is 4.52 Å². The van der Waals surface area contributed by atoms with E-state index in [0.717, 1.165) is 25.5 Å². The number of nitrogens with two attached hydrogens (primary N) is 1. The number of aromatic nitrogens is 2. The molecule has 1 aliphatic rings. The van der Waals surface area contributed by atoms with E-state index in [2.05, 4.69) is 22.0 Å². The van der Waals surface area contributed by atoms with E-state index in [-0.39, 0.29) is 12.0 Å². The Bertz CT molecular complexity index is 358. The molecule has 5 heteroatoms. The average molecular weight is 252 g/mol. The summed E-state index contributed by atoms with van der Waals surface area (Å²) in [7, 11) is 0. The van der Waals surface area contributed by atoms with Crippen LogP contribution in [0.3, 0.4) is 0 Å². The van der Waals surface area contributed by atoms with Gasteiger partial charge in [0.1, 0.15) is 0 Å². The topological polar surface area (TPSA) is 68.2 Å². The summed E-state index contributed by atoms with van der Waals surface area (Å²) in [5, 5.41) is 4.10. The van der Waals surface area contributed by atoms with Crippen LogP contribution in [-0.4, -0.2) is 29.3 Å². The summed E-state index contributed by atoms with van der Waals surface area (Å²) < 4.78 is 5.36. The fourth-order valence-corrected chi connectivity index (χ4v) is 2.35. The van der Waals surface area contributed by atoms with Crippen molar-refractivity contribution in [2.24, 2.45) is 5.73 Å². The molecule has 0 amide bonds. The van der Waals surface area contributed by atoms with Crippen molar-refractivity contribution in [1.82, 2.24) is 10.1 Å². The summed E-state index contributed by atoms with van der Waals surface area (Å²) in [5.74, 6) is 1.54. The fraction of sp³-hybridized carbons (Fsp3) is 0.846. The molecule has 1 aromatic rings.